The van der Waals surface area contributed by atoms with E-state index in [4.69, 9.17) is 16.3 Å². The van der Waals surface area contributed by atoms with Crippen molar-refractivity contribution in [1.82, 2.24) is 15.0 Å². The maximum absolute atomic E-state index is 12.4. The number of benzene rings is 2. The van der Waals surface area contributed by atoms with Gasteiger partial charge in [0, 0.05) is 11.4 Å². The van der Waals surface area contributed by atoms with Crippen LogP contribution in [0, 0.1) is 11.3 Å². The summed E-state index contributed by atoms with van der Waals surface area (Å²) in [5.41, 5.74) is 3.14. The third-order valence-corrected chi connectivity index (χ3v) is 6.51. The summed E-state index contributed by atoms with van der Waals surface area (Å²) in [7, 11) is 0. The first-order chi connectivity index (χ1) is 16.2. The highest BCUT2D eigenvalue weighted by atomic mass is 35.5. The van der Waals surface area contributed by atoms with Gasteiger partial charge in [-0.05, 0) is 60.1 Å². The van der Waals surface area contributed by atoms with E-state index in [1.54, 1.807) is 12.1 Å². The van der Waals surface area contributed by atoms with Crippen LogP contribution in [0.25, 0.3) is 16.7 Å². The lowest BCUT2D eigenvalue weighted by Crippen LogP contribution is -2.28. The molecule has 1 heterocycles. The third-order valence-electron chi connectivity index (χ3n) is 6.28. The van der Waals surface area contributed by atoms with Crippen molar-refractivity contribution in [2.24, 2.45) is 11.3 Å². The van der Waals surface area contributed by atoms with Crippen molar-refractivity contribution in [1.29, 1.82) is 0 Å². The lowest BCUT2D eigenvalue weighted by molar-refractivity contribution is -0.154. The summed E-state index contributed by atoms with van der Waals surface area (Å²) in [5, 5.41) is 20.0. The van der Waals surface area contributed by atoms with Crippen LogP contribution < -0.4 is 0 Å². The van der Waals surface area contributed by atoms with Gasteiger partial charge in [0.1, 0.15) is 11.0 Å². The molecule has 1 aromatic heterocycles. The Balaban J connectivity index is 1.56. The molecule has 0 radical (unpaired) electrons. The Labute approximate surface area is 207 Å². The zero-order valence-corrected chi connectivity index (χ0v) is 21.4. The molecule has 3 rings (SSSR count). The molecule has 0 aliphatic carbocycles. The SMILES string of the molecule is CCCCCC(CCOC(=O)C(O)Cc1cccc(-n2nc3ccc(Cl)cc3n2)c1)C(C)(C)C. The highest BCUT2D eigenvalue weighted by Crippen LogP contribution is 2.33. The summed E-state index contributed by atoms with van der Waals surface area (Å²) >= 11 is 6.04. The van der Waals surface area contributed by atoms with Gasteiger partial charge in [0.05, 0.1) is 12.3 Å². The Hall–Kier alpha value is -2.44. The number of esters is 1. The van der Waals surface area contributed by atoms with Crippen molar-refractivity contribution in [3.63, 3.8) is 0 Å². The van der Waals surface area contributed by atoms with Crippen molar-refractivity contribution in [3.8, 4) is 5.69 Å². The van der Waals surface area contributed by atoms with Crippen molar-refractivity contribution >= 4 is 28.6 Å². The van der Waals surface area contributed by atoms with E-state index in [9.17, 15) is 9.90 Å². The van der Waals surface area contributed by atoms with Crippen LogP contribution in [0.3, 0.4) is 0 Å². The molecule has 2 unspecified atom stereocenters. The number of aromatic nitrogens is 3. The van der Waals surface area contributed by atoms with Crippen LogP contribution in [0.15, 0.2) is 42.5 Å². The smallest absolute Gasteiger partial charge is 0.335 e. The van der Waals surface area contributed by atoms with Crippen LogP contribution in [0.2, 0.25) is 5.02 Å². The number of hydrogen-bond donors (Lipinski definition) is 1. The van der Waals surface area contributed by atoms with E-state index in [2.05, 4.69) is 37.9 Å². The summed E-state index contributed by atoms with van der Waals surface area (Å²) in [6.45, 7) is 9.24. The Bertz CT molecular complexity index is 1090. The topological polar surface area (TPSA) is 77.2 Å². The zero-order chi connectivity index (χ0) is 24.7. The number of unbranched alkanes of at least 4 members (excludes halogenated alkanes) is 2. The van der Waals surface area contributed by atoms with Crippen molar-refractivity contribution in [2.45, 2.75) is 72.3 Å². The number of hydrogen-bond acceptors (Lipinski definition) is 5. The van der Waals surface area contributed by atoms with Gasteiger partial charge in [-0.2, -0.15) is 4.80 Å². The third kappa shape index (κ3) is 7.28. The molecular weight excluding hydrogens is 450 g/mol. The van der Waals surface area contributed by atoms with E-state index >= 15 is 0 Å². The lowest BCUT2D eigenvalue weighted by atomic mass is 9.76. The number of ether oxygens (including phenoxy) is 1. The van der Waals surface area contributed by atoms with Gasteiger partial charge in [-0.25, -0.2) is 4.79 Å². The van der Waals surface area contributed by atoms with Gasteiger partial charge < -0.3 is 9.84 Å². The summed E-state index contributed by atoms with van der Waals surface area (Å²) in [6.07, 6.45) is 4.50. The second-order valence-electron chi connectivity index (χ2n) is 10.0. The Morgan fingerprint density at radius 3 is 2.59 bits per heavy atom. The molecule has 3 aromatic rings. The predicted molar refractivity (Wildman–Crippen MR) is 136 cm³/mol. The average molecular weight is 486 g/mol. The first kappa shape index (κ1) is 26.2. The maximum Gasteiger partial charge on any atom is 0.335 e. The van der Waals surface area contributed by atoms with E-state index in [1.807, 2.05) is 30.3 Å². The van der Waals surface area contributed by atoms with Crippen LogP contribution in [-0.2, 0) is 16.0 Å². The Morgan fingerprint density at radius 1 is 1.09 bits per heavy atom. The molecule has 0 bridgehead atoms. The van der Waals surface area contributed by atoms with E-state index in [0.717, 1.165) is 29.6 Å². The van der Waals surface area contributed by atoms with Crippen molar-refractivity contribution in [3.05, 3.63) is 53.1 Å². The molecule has 7 heteroatoms. The van der Waals surface area contributed by atoms with Gasteiger partial charge in [0.2, 0.25) is 0 Å². The van der Waals surface area contributed by atoms with Gasteiger partial charge in [0.25, 0.3) is 0 Å². The average Bonchev–Trinajstić information content (AvgIpc) is 3.20. The lowest BCUT2D eigenvalue weighted by Gasteiger charge is -2.31. The first-order valence-corrected chi connectivity index (χ1v) is 12.5. The molecule has 0 aliphatic heterocycles. The number of aliphatic hydroxyl groups is 1. The summed E-state index contributed by atoms with van der Waals surface area (Å²) < 4.78 is 5.44. The van der Waals surface area contributed by atoms with Crippen LogP contribution >= 0.6 is 11.6 Å². The Kier molecular flexibility index (Phi) is 9.09. The standard InChI is InChI=1S/C27H36ClN3O3/c1-5-6-7-10-20(27(2,3)4)14-15-34-26(33)25(32)17-19-9-8-11-22(16-19)31-29-23-13-12-21(28)18-24(23)30-31/h8-9,11-13,16,18,20,25,32H,5-7,10,14-15,17H2,1-4H3. The molecule has 34 heavy (non-hydrogen) atoms. The molecule has 1 N–H and O–H groups in total. The second kappa shape index (κ2) is 11.8. The molecular formula is C27H36ClN3O3. The fourth-order valence-electron chi connectivity index (χ4n) is 4.17. The minimum atomic E-state index is -1.22. The molecule has 0 saturated carbocycles. The normalized spacial score (nSPS) is 13.7. The van der Waals surface area contributed by atoms with Gasteiger partial charge in [-0.1, -0.05) is 70.7 Å². The van der Waals surface area contributed by atoms with Crippen LogP contribution in [-0.4, -0.2) is 38.8 Å². The van der Waals surface area contributed by atoms with E-state index in [1.165, 1.54) is 24.1 Å². The Morgan fingerprint density at radius 2 is 1.85 bits per heavy atom. The van der Waals surface area contributed by atoms with Gasteiger partial charge in [-0.15, -0.1) is 10.2 Å². The minimum Gasteiger partial charge on any atom is -0.464 e. The molecule has 0 saturated heterocycles. The van der Waals surface area contributed by atoms with Crippen LogP contribution in [0.1, 0.15) is 65.4 Å². The first-order valence-electron chi connectivity index (χ1n) is 12.1. The molecule has 2 atom stereocenters. The number of fused-ring (bicyclic) bond motifs is 1. The largest absolute Gasteiger partial charge is 0.464 e. The number of nitrogens with zero attached hydrogens (tertiary/aromatic N) is 3. The zero-order valence-electron chi connectivity index (χ0n) is 20.6. The van der Waals surface area contributed by atoms with E-state index in [-0.39, 0.29) is 11.8 Å². The number of halogens is 1. The minimum absolute atomic E-state index is 0.163. The molecule has 184 valence electrons. The molecule has 2 aromatic carbocycles. The fourth-order valence-corrected chi connectivity index (χ4v) is 4.33. The van der Waals surface area contributed by atoms with Gasteiger partial charge in [0.15, 0.2) is 6.10 Å². The monoisotopic (exact) mass is 485 g/mol. The molecule has 0 fully saturated rings. The summed E-state index contributed by atoms with van der Waals surface area (Å²) in [4.78, 5) is 14.0. The van der Waals surface area contributed by atoms with E-state index < -0.39 is 12.1 Å². The number of rotatable bonds is 11. The highest BCUT2D eigenvalue weighted by molar-refractivity contribution is 6.31. The molecule has 6 nitrogen and oxygen atoms in total. The number of carbonyl (C=O) groups excluding carboxylic acids is 1. The van der Waals surface area contributed by atoms with Crippen molar-refractivity contribution < 1.29 is 14.6 Å². The van der Waals surface area contributed by atoms with E-state index in [0.29, 0.717) is 23.1 Å². The molecule has 0 aliphatic rings. The maximum atomic E-state index is 12.4. The molecule has 0 spiro atoms. The quantitative estimate of drug-likeness (QED) is 0.260. The number of aliphatic hydroxyl groups excluding tert-OH is 1. The van der Waals surface area contributed by atoms with Gasteiger partial charge in [-0.3, -0.25) is 0 Å². The van der Waals surface area contributed by atoms with Gasteiger partial charge >= 0.3 is 5.97 Å². The van der Waals surface area contributed by atoms with Crippen molar-refractivity contribution in [2.75, 3.05) is 6.61 Å². The fraction of sp³-hybridized carbons (Fsp3) is 0.519. The van der Waals surface area contributed by atoms with Crippen LogP contribution in [0.4, 0.5) is 0 Å². The van der Waals surface area contributed by atoms with Crippen LogP contribution in [0.5, 0.6) is 0 Å². The summed E-state index contributed by atoms with van der Waals surface area (Å²) in [5.74, 6) is -0.100. The predicted octanol–water partition coefficient (Wildman–Crippen LogP) is 6.15. The highest BCUT2D eigenvalue weighted by Gasteiger charge is 2.25. The second-order valence-corrected chi connectivity index (χ2v) is 10.5. The summed E-state index contributed by atoms with van der Waals surface area (Å²) in [6, 6.07) is 12.8. The number of carbonyl (C=O) groups is 1. The molecule has 0 amide bonds.